The number of benzene rings is 1. The highest BCUT2D eigenvalue weighted by atomic mass is 19.1. The number of hydrogen-bond acceptors (Lipinski definition) is 7. The number of nitriles is 1. The molecular weight excluding hydrogens is 483 g/mol. The van der Waals surface area contributed by atoms with Crippen LogP contribution in [-0.2, 0) is 12.6 Å². The summed E-state index contributed by atoms with van der Waals surface area (Å²) >= 11 is 0. The van der Waals surface area contributed by atoms with E-state index >= 15 is 0 Å². The molecule has 4 aromatic rings. The van der Waals surface area contributed by atoms with Crippen molar-refractivity contribution in [1.29, 1.82) is 5.26 Å². The third kappa shape index (κ3) is 3.15. The van der Waals surface area contributed by atoms with Crippen molar-refractivity contribution in [1.82, 2.24) is 29.4 Å². The summed E-state index contributed by atoms with van der Waals surface area (Å²) in [7, 11) is 4.02. The lowest BCUT2D eigenvalue weighted by Gasteiger charge is -2.25. The number of likely N-dealkylation sites (tertiary alicyclic amines) is 1. The zero-order valence-corrected chi connectivity index (χ0v) is 21.4. The van der Waals surface area contributed by atoms with Gasteiger partial charge in [-0.05, 0) is 51.1 Å². The Morgan fingerprint density at radius 3 is 2.82 bits per heavy atom. The molecule has 7 rings (SSSR count). The van der Waals surface area contributed by atoms with Crippen LogP contribution in [0.5, 0.6) is 5.75 Å². The number of pyridine rings is 1. The molecular formula is C28H27FN8O. The third-order valence-electron chi connectivity index (χ3n) is 8.33. The molecule has 1 unspecified atom stereocenters. The second kappa shape index (κ2) is 7.88. The van der Waals surface area contributed by atoms with Crippen LogP contribution in [0, 0.1) is 17.1 Å². The summed E-state index contributed by atoms with van der Waals surface area (Å²) in [4.78, 5) is 6.74. The molecule has 3 atom stereocenters. The van der Waals surface area contributed by atoms with E-state index in [1.165, 1.54) is 12.1 Å². The second-order valence-corrected chi connectivity index (χ2v) is 10.8. The molecule has 0 saturated carbocycles. The quantitative estimate of drug-likeness (QED) is 0.381. The van der Waals surface area contributed by atoms with Gasteiger partial charge in [0.05, 0.1) is 16.9 Å². The van der Waals surface area contributed by atoms with Crippen LogP contribution < -0.4 is 10.5 Å². The lowest BCUT2D eigenvalue weighted by Crippen LogP contribution is -2.34. The number of rotatable bonds is 0. The summed E-state index contributed by atoms with van der Waals surface area (Å²) in [5.41, 5.74) is 12.1. The molecule has 1 spiro atoms. The number of nitrogens with zero attached hydrogens (tertiary/aromatic N) is 7. The van der Waals surface area contributed by atoms with Gasteiger partial charge in [-0.15, -0.1) is 0 Å². The Hall–Kier alpha value is -4.23. The number of anilines is 1. The number of hydrogen-bond donors (Lipinski definition) is 1. The van der Waals surface area contributed by atoms with Gasteiger partial charge in [-0.1, -0.05) is 0 Å². The summed E-state index contributed by atoms with van der Waals surface area (Å²) in [6, 6.07) is 8.89. The highest BCUT2D eigenvalue weighted by molar-refractivity contribution is 5.77. The van der Waals surface area contributed by atoms with Gasteiger partial charge in [0.15, 0.2) is 17.3 Å². The number of halogens is 1. The summed E-state index contributed by atoms with van der Waals surface area (Å²) < 4.78 is 24.8. The molecule has 38 heavy (non-hydrogen) atoms. The van der Waals surface area contributed by atoms with Gasteiger partial charge in [0.2, 0.25) is 0 Å². The standard InChI is InChI=1S/C28H27FN8O/c1-15-19-9-17(29)4-5-18(19)25-21(13-36(3)34-25)20-10-28(6-7-35(2)14-28)37-26(20)24(22(11-30)33-37)16-8-23(38-15)27(31)32-12-16/h4-5,8-9,12-13,15,20H,6-7,10,14H2,1-3H3,(H2,31,32)/t15-,20-,28?/m1/s1. The lowest BCUT2D eigenvalue weighted by atomic mass is 9.83. The van der Waals surface area contributed by atoms with E-state index < -0.39 is 6.10 Å². The maximum absolute atomic E-state index is 14.6. The molecule has 3 aromatic heterocycles. The van der Waals surface area contributed by atoms with Crippen LogP contribution in [0.2, 0.25) is 0 Å². The largest absolute Gasteiger partial charge is 0.482 e. The Balaban J connectivity index is 1.59. The summed E-state index contributed by atoms with van der Waals surface area (Å²) in [6.45, 7) is 3.65. The van der Waals surface area contributed by atoms with E-state index in [0.717, 1.165) is 59.6 Å². The molecule has 3 aliphatic rings. The van der Waals surface area contributed by atoms with Crippen molar-refractivity contribution < 1.29 is 9.13 Å². The van der Waals surface area contributed by atoms with E-state index in [-0.39, 0.29) is 23.1 Å². The Morgan fingerprint density at radius 1 is 1.21 bits per heavy atom. The molecule has 1 aromatic carbocycles. The number of likely N-dealkylation sites (N-methyl/N-ethyl adjacent to an activating group) is 1. The predicted molar refractivity (Wildman–Crippen MR) is 139 cm³/mol. The minimum absolute atomic E-state index is 0.0793. The van der Waals surface area contributed by atoms with Crippen LogP contribution in [-0.4, -0.2) is 49.6 Å². The normalized spacial score (nSPS) is 23.7. The fourth-order valence-corrected chi connectivity index (χ4v) is 6.69. The SMILES string of the molecule is C[C@H]1Oc2cc(cnc2N)-c2c(C#N)nn3c2[C@H](CC32CCN(C)C2)c2cn(C)nc2-c2ccc(F)cc21. The van der Waals surface area contributed by atoms with Crippen molar-refractivity contribution in [3.63, 3.8) is 0 Å². The molecule has 2 bridgehead atoms. The number of aromatic nitrogens is 5. The fourth-order valence-electron chi connectivity index (χ4n) is 6.69. The highest BCUT2D eigenvalue weighted by Gasteiger charge is 2.51. The first-order valence-corrected chi connectivity index (χ1v) is 12.8. The van der Waals surface area contributed by atoms with Crippen molar-refractivity contribution in [3.05, 3.63) is 65.0 Å². The topological polar surface area (TPSA) is 111 Å². The maximum Gasteiger partial charge on any atom is 0.170 e. The molecule has 0 amide bonds. The van der Waals surface area contributed by atoms with Crippen LogP contribution in [0.3, 0.4) is 0 Å². The molecule has 1 saturated heterocycles. The molecule has 6 heterocycles. The average molecular weight is 511 g/mol. The number of fused-ring (bicyclic) bond motifs is 8. The van der Waals surface area contributed by atoms with Gasteiger partial charge >= 0.3 is 0 Å². The first-order chi connectivity index (χ1) is 18.3. The van der Waals surface area contributed by atoms with Crippen LogP contribution in [0.4, 0.5) is 10.2 Å². The van der Waals surface area contributed by atoms with E-state index in [4.69, 9.17) is 20.7 Å². The summed E-state index contributed by atoms with van der Waals surface area (Å²) in [5.74, 6) is 0.170. The Labute approximate surface area is 219 Å². The van der Waals surface area contributed by atoms with Crippen molar-refractivity contribution in [3.8, 4) is 34.2 Å². The number of ether oxygens (including phenoxy) is 1. The predicted octanol–water partition coefficient (Wildman–Crippen LogP) is 3.96. The van der Waals surface area contributed by atoms with Gasteiger partial charge in [0.25, 0.3) is 0 Å². The van der Waals surface area contributed by atoms with Crippen molar-refractivity contribution in [2.75, 3.05) is 25.9 Å². The van der Waals surface area contributed by atoms with E-state index in [0.29, 0.717) is 17.0 Å². The van der Waals surface area contributed by atoms with Gasteiger partial charge < -0.3 is 15.4 Å². The van der Waals surface area contributed by atoms with Crippen molar-refractivity contribution >= 4 is 5.82 Å². The van der Waals surface area contributed by atoms with Crippen LogP contribution >= 0.6 is 0 Å². The van der Waals surface area contributed by atoms with E-state index in [2.05, 4.69) is 27.7 Å². The second-order valence-electron chi connectivity index (χ2n) is 10.8. The third-order valence-corrected chi connectivity index (χ3v) is 8.33. The molecule has 0 aliphatic carbocycles. The Morgan fingerprint density at radius 2 is 2.05 bits per heavy atom. The molecule has 10 heteroatoms. The zero-order valence-electron chi connectivity index (χ0n) is 21.4. The van der Waals surface area contributed by atoms with Crippen LogP contribution in [0.1, 0.15) is 54.3 Å². The maximum atomic E-state index is 14.6. The summed E-state index contributed by atoms with van der Waals surface area (Å²) in [6.07, 6.45) is 4.95. The fraction of sp³-hybridized carbons (Fsp3) is 0.357. The first-order valence-electron chi connectivity index (χ1n) is 12.8. The van der Waals surface area contributed by atoms with Gasteiger partial charge in [-0.2, -0.15) is 15.5 Å². The van der Waals surface area contributed by atoms with Crippen molar-refractivity contribution in [2.45, 2.75) is 37.3 Å². The smallest absolute Gasteiger partial charge is 0.170 e. The van der Waals surface area contributed by atoms with Crippen LogP contribution in [0.15, 0.2) is 36.7 Å². The Bertz CT molecular complexity index is 1670. The molecule has 2 N–H and O–H groups in total. The zero-order chi connectivity index (χ0) is 26.3. The molecule has 0 radical (unpaired) electrons. The Kier molecular flexibility index (Phi) is 4.76. The molecule has 1 fully saturated rings. The van der Waals surface area contributed by atoms with E-state index in [1.54, 1.807) is 16.9 Å². The lowest BCUT2D eigenvalue weighted by molar-refractivity contribution is 0.227. The number of nitrogen functional groups attached to an aromatic ring is 1. The average Bonchev–Trinajstić information content (AvgIpc) is 3.63. The highest BCUT2D eigenvalue weighted by Crippen LogP contribution is 2.54. The van der Waals surface area contributed by atoms with Crippen molar-refractivity contribution in [2.24, 2.45) is 7.05 Å². The monoisotopic (exact) mass is 510 g/mol. The van der Waals surface area contributed by atoms with Gasteiger partial charge in [-0.3, -0.25) is 9.36 Å². The number of nitrogens with two attached hydrogens (primary N) is 1. The first kappa shape index (κ1) is 22.9. The van der Waals surface area contributed by atoms with Crippen LogP contribution in [0.25, 0.3) is 22.4 Å². The van der Waals surface area contributed by atoms with Gasteiger partial charge in [0.1, 0.15) is 18.0 Å². The van der Waals surface area contributed by atoms with E-state index in [9.17, 15) is 9.65 Å². The molecule has 3 aliphatic heterocycles. The molecule has 192 valence electrons. The number of aryl methyl sites for hydroxylation is 1. The minimum atomic E-state index is -0.537. The van der Waals surface area contributed by atoms with Gasteiger partial charge in [-0.25, -0.2) is 9.37 Å². The van der Waals surface area contributed by atoms with Gasteiger partial charge in [0, 0.05) is 66.3 Å². The summed E-state index contributed by atoms with van der Waals surface area (Å²) in [5, 5.41) is 20.0. The van der Waals surface area contributed by atoms with E-state index in [1.807, 2.05) is 26.2 Å². The molecule has 9 nitrogen and oxygen atoms in total. The minimum Gasteiger partial charge on any atom is -0.482 e.